The number of aromatic nitrogens is 1. The summed E-state index contributed by atoms with van der Waals surface area (Å²) in [6.45, 7) is 6.63. The van der Waals surface area contributed by atoms with E-state index in [1.807, 2.05) is 33.0 Å². The molecule has 2 saturated carbocycles. The number of hydrogen-bond acceptors (Lipinski definition) is 6. The van der Waals surface area contributed by atoms with Gasteiger partial charge in [-0.1, -0.05) is 11.6 Å². The van der Waals surface area contributed by atoms with E-state index in [9.17, 15) is 13.6 Å². The maximum Gasteiger partial charge on any atom is 0.293 e. The lowest BCUT2D eigenvalue weighted by Crippen LogP contribution is -2.30. The highest BCUT2D eigenvalue weighted by molar-refractivity contribution is 6.33. The van der Waals surface area contributed by atoms with E-state index in [-0.39, 0.29) is 29.9 Å². The predicted octanol–water partition coefficient (Wildman–Crippen LogP) is 7.27. The molecule has 6 rings (SSSR count). The average Bonchev–Trinajstić information content (AvgIpc) is 3.58. The number of ether oxygens (including phenoxy) is 3. The number of halogens is 3. The van der Waals surface area contributed by atoms with Crippen LogP contribution in [0.15, 0.2) is 42.6 Å². The van der Waals surface area contributed by atoms with E-state index in [4.69, 9.17) is 26.2 Å². The molecule has 3 aliphatic carbocycles. The fraction of sp³-hybridized carbons (Fsp3) is 0.455. The maximum absolute atomic E-state index is 14.7. The molecule has 224 valence electrons. The molecule has 3 aromatic rings. The van der Waals surface area contributed by atoms with Gasteiger partial charge in [-0.05, 0) is 106 Å². The van der Waals surface area contributed by atoms with Gasteiger partial charge in [-0.2, -0.15) is 0 Å². The summed E-state index contributed by atoms with van der Waals surface area (Å²) in [7, 11) is 0. The zero-order valence-corrected chi connectivity index (χ0v) is 24.8. The fourth-order valence-corrected chi connectivity index (χ4v) is 5.87. The second kappa shape index (κ2) is 12.6. The molecule has 0 spiro atoms. The van der Waals surface area contributed by atoms with Gasteiger partial charge in [-0.25, -0.2) is 13.8 Å². The highest BCUT2D eigenvalue weighted by Gasteiger charge is 2.45. The molecule has 3 aliphatic rings. The first kappa shape index (κ1) is 30.2. The maximum atomic E-state index is 14.7. The Labute approximate surface area is 250 Å². The van der Waals surface area contributed by atoms with Crippen molar-refractivity contribution in [3.63, 3.8) is 0 Å². The fourth-order valence-electron chi connectivity index (χ4n) is 5.60. The van der Waals surface area contributed by atoms with Crippen molar-refractivity contribution in [2.45, 2.75) is 64.6 Å². The third-order valence-corrected chi connectivity index (χ3v) is 8.34. The zero-order valence-electron chi connectivity index (χ0n) is 24.0. The number of aliphatic hydroxyl groups is 1. The quantitative estimate of drug-likeness (QED) is 0.261. The number of pyridine rings is 1. The topological polar surface area (TPSA) is 77.9 Å². The standard InChI is InChI=1S/C28H26ClF2NO3.C5H10O2/c29-25-9-20(34-13-16-3-15(4-16)12-33)1-2-21(25)23-7-19(26(30)10-27(23)31)14-35-28-8-18-5-17-6-22(17)24(18)11-32-28;1-5(2,3)7-4-6/h1-2,7-11,15-17,22,33H,3-6,12-14H2;4H,1-3H3. The molecule has 1 N–H and O–H groups in total. The van der Waals surface area contributed by atoms with Gasteiger partial charge in [0.2, 0.25) is 5.88 Å². The van der Waals surface area contributed by atoms with E-state index in [1.54, 1.807) is 18.2 Å². The number of benzene rings is 2. The number of aliphatic hydroxyl groups excluding tert-OH is 1. The Morgan fingerprint density at radius 2 is 1.81 bits per heavy atom. The Morgan fingerprint density at radius 3 is 2.48 bits per heavy atom. The molecule has 0 radical (unpaired) electrons. The number of fused-ring (bicyclic) bond motifs is 3. The highest BCUT2D eigenvalue weighted by Crippen LogP contribution is 2.56. The van der Waals surface area contributed by atoms with Gasteiger partial charge >= 0.3 is 0 Å². The monoisotopic (exact) mass is 599 g/mol. The van der Waals surface area contributed by atoms with Crippen molar-refractivity contribution >= 4 is 18.1 Å². The van der Waals surface area contributed by atoms with Crippen molar-refractivity contribution in [2.75, 3.05) is 13.2 Å². The van der Waals surface area contributed by atoms with Crippen LogP contribution in [0.1, 0.15) is 62.6 Å². The van der Waals surface area contributed by atoms with Crippen LogP contribution in [0.4, 0.5) is 8.78 Å². The van der Waals surface area contributed by atoms with Crippen LogP contribution in [0, 0.1) is 29.4 Å². The molecule has 2 fully saturated rings. The molecule has 2 aromatic carbocycles. The minimum absolute atomic E-state index is 0.0627. The van der Waals surface area contributed by atoms with E-state index in [0.717, 1.165) is 31.2 Å². The summed E-state index contributed by atoms with van der Waals surface area (Å²) in [4.78, 5) is 14.0. The van der Waals surface area contributed by atoms with Crippen molar-refractivity contribution < 1.29 is 32.9 Å². The van der Waals surface area contributed by atoms with Gasteiger partial charge in [-0.15, -0.1) is 0 Å². The normalized spacial score (nSPS) is 21.7. The van der Waals surface area contributed by atoms with Gasteiger partial charge in [-0.3, -0.25) is 4.79 Å². The molecular weight excluding hydrogens is 564 g/mol. The third kappa shape index (κ3) is 7.21. The van der Waals surface area contributed by atoms with Crippen molar-refractivity contribution in [3.05, 3.63) is 75.9 Å². The Morgan fingerprint density at radius 1 is 1.02 bits per heavy atom. The smallest absolute Gasteiger partial charge is 0.293 e. The molecule has 1 aromatic heterocycles. The number of nitrogens with zero attached hydrogens (tertiary/aromatic N) is 1. The SMILES string of the molecule is CC(C)(C)OC=O.OCC1CC(COc2ccc(-c3cc(COc4cc5c(cn4)C4CC4C5)c(F)cc3F)c(Cl)c2)C1. The zero-order chi connectivity index (χ0) is 30.0. The number of carbonyl (C=O) groups is 1. The van der Waals surface area contributed by atoms with Gasteiger partial charge in [0.05, 0.1) is 11.6 Å². The second-order valence-corrected chi connectivity index (χ2v) is 12.8. The Balaban J connectivity index is 0.000000451. The lowest BCUT2D eigenvalue weighted by molar-refractivity contribution is -0.138. The van der Waals surface area contributed by atoms with Crippen LogP contribution in [0.5, 0.6) is 11.6 Å². The van der Waals surface area contributed by atoms with E-state index in [0.29, 0.717) is 53.0 Å². The van der Waals surface area contributed by atoms with Crippen molar-refractivity contribution in [1.29, 1.82) is 0 Å². The van der Waals surface area contributed by atoms with Gasteiger partial charge in [0.1, 0.15) is 29.6 Å². The predicted molar refractivity (Wildman–Crippen MR) is 156 cm³/mol. The van der Waals surface area contributed by atoms with Gasteiger partial charge in [0.15, 0.2) is 0 Å². The Kier molecular flexibility index (Phi) is 9.04. The average molecular weight is 600 g/mol. The number of hydrogen-bond donors (Lipinski definition) is 1. The van der Waals surface area contributed by atoms with Gasteiger partial charge < -0.3 is 19.3 Å². The van der Waals surface area contributed by atoms with Crippen LogP contribution in [0.2, 0.25) is 5.02 Å². The van der Waals surface area contributed by atoms with E-state index in [1.165, 1.54) is 23.6 Å². The summed E-state index contributed by atoms with van der Waals surface area (Å²) in [5.74, 6) is 1.88. The lowest BCUT2D eigenvalue weighted by atomic mass is 9.76. The summed E-state index contributed by atoms with van der Waals surface area (Å²) < 4.78 is 45.4. The molecule has 9 heteroatoms. The van der Waals surface area contributed by atoms with Crippen LogP contribution in [0.25, 0.3) is 11.1 Å². The molecule has 2 atom stereocenters. The minimum Gasteiger partial charge on any atom is -0.493 e. The highest BCUT2D eigenvalue weighted by atomic mass is 35.5. The van der Waals surface area contributed by atoms with Crippen LogP contribution in [-0.4, -0.2) is 35.4 Å². The van der Waals surface area contributed by atoms with E-state index >= 15 is 0 Å². The second-order valence-electron chi connectivity index (χ2n) is 12.4. The van der Waals surface area contributed by atoms with Crippen LogP contribution >= 0.6 is 11.6 Å². The van der Waals surface area contributed by atoms with Crippen LogP contribution in [0.3, 0.4) is 0 Å². The van der Waals surface area contributed by atoms with Gasteiger partial charge in [0, 0.05) is 41.6 Å². The Hall–Kier alpha value is -3.23. The molecule has 0 aliphatic heterocycles. The summed E-state index contributed by atoms with van der Waals surface area (Å²) in [5, 5.41) is 9.46. The first-order chi connectivity index (χ1) is 20.0. The van der Waals surface area contributed by atoms with Crippen molar-refractivity contribution in [1.82, 2.24) is 4.98 Å². The Bertz CT molecular complexity index is 1440. The third-order valence-electron chi connectivity index (χ3n) is 8.02. The largest absolute Gasteiger partial charge is 0.493 e. The van der Waals surface area contributed by atoms with E-state index in [2.05, 4.69) is 9.72 Å². The minimum atomic E-state index is -0.693. The van der Waals surface area contributed by atoms with Gasteiger partial charge in [0.25, 0.3) is 6.47 Å². The van der Waals surface area contributed by atoms with Crippen molar-refractivity contribution in [2.24, 2.45) is 17.8 Å². The molecule has 0 saturated heterocycles. The summed E-state index contributed by atoms with van der Waals surface area (Å²) in [6, 6.07) is 9.32. The first-order valence-electron chi connectivity index (χ1n) is 14.3. The molecule has 2 unspecified atom stereocenters. The molecular formula is C33H36ClF2NO5. The molecule has 1 heterocycles. The molecule has 0 amide bonds. The summed E-state index contributed by atoms with van der Waals surface area (Å²) in [5.41, 5.74) is 3.14. The first-order valence-corrected chi connectivity index (χ1v) is 14.7. The van der Waals surface area contributed by atoms with Crippen molar-refractivity contribution in [3.8, 4) is 22.8 Å². The van der Waals surface area contributed by atoms with Crippen LogP contribution in [-0.2, 0) is 22.6 Å². The number of carbonyl (C=O) groups excluding carboxylic acids is 1. The van der Waals surface area contributed by atoms with E-state index < -0.39 is 11.6 Å². The molecule has 42 heavy (non-hydrogen) atoms. The summed E-state index contributed by atoms with van der Waals surface area (Å²) >= 11 is 6.46. The molecule has 0 bridgehead atoms. The summed E-state index contributed by atoms with van der Waals surface area (Å²) in [6.07, 6.45) is 6.08. The number of rotatable bonds is 9. The molecule has 6 nitrogen and oxygen atoms in total. The van der Waals surface area contributed by atoms with Crippen LogP contribution < -0.4 is 9.47 Å². The lowest BCUT2D eigenvalue weighted by Gasteiger charge is -2.33.